The quantitative estimate of drug-likeness (QED) is 0.178. The van der Waals surface area contributed by atoms with Gasteiger partial charge in [-0.05, 0) is 6.42 Å². The number of sulfonamides is 1. The number of aliphatic imine (C=N–C) groups is 1. The molecule has 25 heavy (non-hydrogen) atoms. The summed E-state index contributed by atoms with van der Waals surface area (Å²) in [6, 6.07) is 0. The summed E-state index contributed by atoms with van der Waals surface area (Å²) in [7, 11) is 0.129. The molecular formula is C14H31IN4O4S2. The SMILES string of the molecule is CN=C(NCCCOCCOC)NCCS(=O)(=O)N1CCSCC1.I. The zero-order valence-electron chi connectivity index (χ0n) is 15.0. The van der Waals surface area contributed by atoms with Crippen LogP contribution in [0.1, 0.15) is 6.42 Å². The van der Waals surface area contributed by atoms with E-state index >= 15 is 0 Å². The van der Waals surface area contributed by atoms with Crippen molar-refractivity contribution in [1.82, 2.24) is 14.9 Å². The lowest BCUT2D eigenvalue weighted by molar-refractivity contribution is 0.0698. The molecule has 0 atom stereocenters. The average Bonchev–Trinajstić information content (AvgIpc) is 2.60. The Balaban J connectivity index is 0.00000576. The predicted octanol–water partition coefficient (Wildman–Crippen LogP) is 0.201. The summed E-state index contributed by atoms with van der Waals surface area (Å²) in [6.07, 6.45) is 0.841. The van der Waals surface area contributed by atoms with E-state index in [1.165, 1.54) is 0 Å². The molecule has 1 saturated heterocycles. The largest absolute Gasteiger partial charge is 0.382 e. The van der Waals surface area contributed by atoms with Crippen molar-refractivity contribution in [2.24, 2.45) is 4.99 Å². The van der Waals surface area contributed by atoms with Gasteiger partial charge >= 0.3 is 0 Å². The van der Waals surface area contributed by atoms with Crippen LogP contribution in [0.4, 0.5) is 0 Å². The van der Waals surface area contributed by atoms with Crippen molar-refractivity contribution in [1.29, 1.82) is 0 Å². The first-order chi connectivity index (χ1) is 11.6. The number of hydrogen-bond acceptors (Lipinski definition) is 6. The minimum absolute atomic E-state index is 0. The third-order valence-electron chi connectivity index (χ3n) is 3.43. The van der Waals surface area contributed by atoms with E-state index < -0.39 is 10.0 Å². The van der Waals surface area contributed by atoms with Gasteiger partial charge in [-0.15, -0.1) is 24.0 Å². The number of rotatable bonds is 11. The molecule has 1 heterocycles. The molecule has 0 unspecified atom stereocenters. The van der Waals surface area contributed by atoms with Gasteiger partial charge in [-0.3, -0.25) is 4.99 Å². The fourth-order valence-corrected chi connectivity index (χ4v) is 4.59. The molecule has 8 nitrogen and oxygen atoms in total. The lowest BCUT2D eigenvalue weighted by Crippen LogP contribution is -2.44. The van der Waals surface area contributed by atoms with E-state index in [1.807, 2.05) is 0 Å². The summed E-state index contributed by atoms with van der Waals surface area (Å²) >= 11 is 1.80. The third kappa shape index (κ3) is 11.5. The van der Waals surface area contributed by atoms with Gasteiger partial charge in [0.15, 0.2) is 5.96 Å². The molecule has 0 aromatic heterocycles. The number of guanidine groups is 1. The Morgan fingerprint density at radius 2 is 1.84 bits per heavy atom. The van der Waals surface area contributed by atoms with Gasteiger partial charge in [0.2, 0.25) is 10.0 Å². The molecule has 0 amide bonds. The Labute approximate surface area is 172 Å². The number of nitrogens with zero attached hydrogens (tertiary/aromatic N) is 2. The van der Waals surface area contributed by atoms with Crippen LogP contribution >= 0.6 is 35.7 Å². The monoisotopic (exact) mass is 510 g/mol. The highest BCUT2D eigenvalue weighted by atomic mass is 127. The van der Waals surface area contributed by atoms with Crippen LogP contribution in [0.5, 0.6) is 0 Å². The first-order valence-corrected chi connectivity index (χ1v) is 10.9. The number of nitrogens with one attached hydrogen (secondary N) is 2. The van der Waals surface area contributed by atoms with E-state index in [0.717, 1.165) is 17.9 Å². The second kappa shape index (κ2) is 15.3. The maximum Gasteiger partial charge on any atom is 0.215 e. The van der Waals surface area contributed by atoms with E-state index in [9.17, 15) is 8.42 Å². The summed E-state index contributed by atoms with van der Waals surface area (Å²) in [5.74, 6) is 2.44. The molecule has 0 aromatic rings. The summed E-state index contributed by atoms with van der Waals surface area (Å²) < 4.78 is 36.3. The van der Waals surface area contributed by atoms with E-state index in [4.69, 9.17) is 9.47 Å². The molecule has 1 aliphatic heterocycles. The molecule has 0 bridgehead atoms. The highest BCUT2D eigenvalue weighted by Crippen LogP contribution is 2.12. The van der Waals surface area contributed by atoms with Gasteiger partial charge in [-0.1, -0.05) is 0 Å². The smallest absolute Gasteiger partial charge is 0.215 e. The number of thioether (sulfide) groups is 1. The number of halogens is 1. The fourth-order valence-electron chi connectivity index (χ4n) is 2.10. The Morgan fingerprint density at radius 1 is 1.16 bits per heavy atom. The van der Waals surface area contributed by atoms with E-state index in [-0.39, 0.29) is 29.7 Å². The Morgan fingerprint density at radius 3 is 2.48 bits per heavy atom. The maximum absolute atomic E-state index is 12.2. The van der Waals surface area contributed by atoms with Crippen LogP contribution in [-0.2, 0) is 19.5 Å². The van der Waals surface area contributed by atoms with E-state index in [2.05, 4.69) is 15.6 Å². The van der Waals surface area contributed by atoms with Crippen LogP contribution in [0.3, 0.4) is 0 Å². The third-order valence-corrected chi connectivity index (χ3v) is 6.24. The van der Waals surface area contributed by atoms with Crippen molar-refractivity contribution in [3.63, 3.8) is 0 Å². The number of ether oxygens (including phenoxy) is 2. The zero-order chi connectivity index (χ0) is 17.7. The van der Waals surface area contributed by atoms with Crippen LogP contribution in [0.25, 0.3) is 0 Å². The molecule has 0 radical (unpaired) electrons. The fraction of sp³-hybridized carbons (Fsp3) is 0.929. The van der Waals surface area contributed by atoms with Crippen molar-refractivity contribution in [2.75, 3.05) is 77.4 Å². The summed E-state index contributed by atoms with van der Waals surface area (Å²) in [6.45, 7) is 4.12. The van der Waals surface area contributed by atoms with Crippen LogP contribution in [0, 0.1) is 0 Å². The van der Waals surface area contributed by atoms with Crippen LogP contribution < -0.4 is 10.6 Å². The Kier molecular flexibility index (Phi) is 15.4. The number of hydrogen-bond donors (Lipinski definition) is 2. The minimum Gasteiger partial charge on any atom is -0.382 e. The van der Waals surface area contributed by atoms with Gasteiger partial charge in [-0.2, -0.15) is 11.8 Å². The van der Waals surface area contributed by atoms with Gasteiger partial charge < -0.3 is 20.1 Å². The van der Waals surface area contributed by atoms with Crippen molar-refractivity contribution < 1.29 is 17.9 Å². The van der Waals surface area contributed by atoms with E-state index in [1.54, 1.807) is 30.2 Å². The zero-order valence-corrected chi connectivity index (χ0v) is 19.0. The predicted molar refractivity (Wildman–Crippen MR) is 115 cm³/mol. The maximum atomic E-state index is 12.2. The van der Waals surface area contributed by atoms with Crippen molar-refractivity contribution in [3.05, 3.63) is 0 Å². The van der Waals surface area contributed by atoms with Crippen molar-refractivity contribution in [2.45, 2.75) is 6.42 Å². The van der Waals surface area contributed by atoms with Gasteiger partial charge in [0.25, 0.3) is 0 Å². The van der Waals surface area contributed by atoms with Gasteiger partial charge in [0.1, 0.15) is 0 Å². The average molecular weight is 510 g/mol. The molecule has 0 aromatic carbocycles. The van der Waals surface area contributed by atoms with Crippen molar-refractivity contribution in [3.8, 4) is 0 Å². The molecule has 0 aliphatic carbocycles. The molecule has 1 rings (SSSR count). The molecule has 0 spiro atoms. The second-order valence-corrected chi connectivity index (χ2v) is 8.53. The van der Waals surface area contributed by atoms with Crippen LogP contribution in [0.15, 0.2) is 4.99 Å². The van der Waals surface area contributed by atoms with Gasteiger partial charge in [0, 0.05) is 58.4 Å². The lowest BCUT2D eigenvalue weighted by atomic mass is 10.4. The standard InChI is InChI=1S/C14H30N4O4S2.HI/c1-15-14(16-4-3-8-22-10-9-21-2)17-5-13-24(19,20)18-6-11-23-12-7-18;/h3-13H2,1-2H3,(H2,15,16,17);1H. The summed E-state index contributed by atoms with van der Waals surface area (Å²) in [5, 5.41) is 6.18. The lowest BCUT2D eigenvalue weighted by Gasteiger charge is -2.25. The summed E-state index contributed by atoms with van der Waals surface area (Å²) in [5.41, 5.74) is 0. The van der Waals surface area contributed by atoms with Gasteiger partial charge in [0.05, 0.1) is 19.0 Å². The Hall–Kier alpha value is 0.180. The first-order valence-electron chi connectivity index (χ1n) is 8.17. The second-order valence-electron chi connectivity index (χ2n) is 5.21. The summed E-state index contributed by atoms with van der Waals surface area (Å²) in [4.78, 5) is 4.09. The van der Waals surface area contributed by atoms with Crippen molar-refractivity contribution >= 4 is 51.7 Å². The van der Waals surface area contributed by atoms with Crippen LogP contribution in [0.2, 0.25) is 0 Å². The highest BCUT2D eigenvalue weighted by molar-refractivity contribution is 14.0. The molecule has 1 fully saturated rings. The molecule has 11 heteroatoms. The molecule has 1 aliphatic rings. The minimum atomic E-state index is -3.18. The van der Waals surface area contributed by atoms with Gasteiger partial charge in [-0.25, -0.2) is 12.7 Å². The molecule has 150 valence electrons. The topological polar surface area (TPSA) is 92.3 Å². The normalized spacial score (nSPS) is 16.3. The highest BCUT2D eigenvalue weighted by Gasteiger charge is 2.23. The first kappa shape index (κ1) is 25.2. The molecule has 2 N–H and O–H groups in total. The number of methoxy groups -OCH3 is 1. The van der Waals surface area contributed by atoms with E-state index in [0.29, 0.717) is 52.0 Å². The Bertz CT molecular complexity index is 460. The van der Waals surface area contributed by atoms with Crippen LogP contribution in [-0.4, -0.2) is 96.1 Å². The molecular weight excluding hydrogens is 479 g/mol. The molecule has 0 saturated carbocycles.